The maximum absolute atomic E-state index is 14.2. The summed E-state index contributed by atoms with van der Waals surface area (Å²) in [5.41, 5.74) is 2.81. The zero-order valence-electron chi connectivity index (χ0n) is 17.2. The molecule has 31 heavy (non-hydrogen) atoms. The van der Waals surface area contributed by atoms with Crippen LogP contribution in [0, 0.1) is 11.6 Å². The molecule has 4 nitrogen and oxygen atoms in total. The van der Waals surface area contributed by atoms with Gasteiger partial charge in [0.25, 0.3) is 0 Å². The van der Waals surface area contributed by atoms with Gasteiger partial charge in [-0.15, -0.1) is 0 Å². The smallest absolute Gasteiger partial charge is 0.233 e. The van der Waals surface area contributed by atoms with Gasteiger partial charge in [0.15, 0.2) is 10.9 Å². The van der Waals surface area contributed by atoms with Crippen molar-refractivity contribution in [1.29, 1.82) is 0 Å². The van der Waals surface area contributed by atoms with E-state index in [2.05, 4.69) is 23.8 Å². The summed E-state index contributed by atoms with van der Waals surface area (Å²) in [5, 5.41) is 0.314. The molecule has 0 spiro atoms. The lowest BCUT2D eigenvalue weighted by atomic mass is 10.0. The maximum Gasteiger partial charge on any atom is 0.233 e. The summed E-state index contributed by atoms with van der Waals surface area (Å²) in [6.45, 7) is 4.42. The van der Waals surface area contributed by atoms with Crippen LogP contribution >= 0.6 is 11.3 Å². The van der Waals surface area contributed by atoms with Crippen LogP contribution in [0.15, 0.2) is 60.8 Å². The Morgan fingerprint density at radius 3 is 2.55 bits per heavy atom. The van der Waals surface area contributed by atoms with Crippen LogP contribution in [0.1, 0.15) is 36.6 Å². The van der Waals surface area contributed by atoms with Gasteiger partial charge >= 0.3 is 0 Å². The summed E-state index contributed by atoms with van der Waals surface area (Å²) in [7, 11) is 0. The van der Waals surface area contributed by atoms with Crippen molar-refractivity contribution < 1.29 is 13.6 Å². The van der Waals surface area contributed by atoms with Crippen molar-refractivity contribution in [2.75, 3.05) is 4.90 Å². The van der Waals surface area contributed by atoms with Gasteiger partial charge in [-0.1, -0.05) is 55.5 Å². The van der Waals surface area contributed by atoms with Crippen molar-refractivity contribution >= 4 is 32.6 Å². The van der Waals surface area contributed by atoms with Gasteiger partial charge in [0.05, 0.1) is 23.4 Å². The Morgan fingerprint density at radius 1 is 1.10 bits per heavy atom. The Morgan fingerprint density at radius 2 is 1.87 bits per heavy atom. The van der Waals surface area contributed by atoms with Crippen molar-refractivity contribution in [2.24, 2.45) is 0 Å². The van der Waals surface area contributed by atoms with Gasteiger partial charge in [0.2, 0.25) is 5.91 Å². The highest BCUT2D eigenvalue weighted by atomic mass is 32.1. The number of carbonyl (C=O) groups is 1. The molecular formula is C24H21F2N3OS. The second-order valence-electron chi connectivity index (χ2n) is 7.60. The molecule has 0 saturated heterocycles. The number of rotatable bonds is 6. The van der Waals surface area contributed by atoms with E-state index in [1.807, 2.05) is 36.4 Å². The fourth-order valence-electron chi connectivity index (χ4n) is 3.27. The highest BCUT2D eigenvalue weighted by molar-refractivity contribution is 7.22. The lowest BCUT2D eigenvalue weighted by Gasteiger charge is -2.20. The first-order valence-electron chi connectivity index (χ1n) is 9.95. The number of pyridine rings is 1. The summed E-state index contributed by atoms with van der Waals surface area (Å²) >= 11 is 1.08. The molecule has 2 aromatic carbocycles. The fraction of sp³-hybridized carbons (Fsp3) is 0.208. The Kier molecular flexibility index (Phi) is 6.04. The van der Waals surface area contributed by atoms with Gasteiger partial charge in [-0.25, -0.2) is 13.8 Å². The molecule has 0 aliphatic carbocycles. The predicted octanol–water partition coefficient (Wildman–Crippen LogP) is 5.87. The highest BCUT2D eigenvalue weighted by Gasteiger charge is 2.22. The number of benzene rings is 2. The average Bonchev–Trinajstić information content (AvgIpc) is 3.17. The molecule has 0 N–H and O–H groups in total. The van der Waals surface area contributed by atoms with Crippen molar-refractivity contribution in [3.8, 4) is 0 Å². The largest absolute Gasteiger partial charge is 0.282 e. The minimum atomic E-state index is -0.744. The second-order valence-corrected chi connectivity index (χ2v) is 8.61. The molecular weight excluding hydrogens is 416 g/mol. The molecule has 2 heterocycles. The molecule has 0 aliphatic heterocycles. The Balaban J connectivity index is 1.67. The topological polar surface area (TPSA) is 46.1 Å². The molecule has 0 atom stereocenters. The standard InChI is InChI=1S/C24H21F2N3OS/c1-15(2)17-8-6-16(7-9-17)11-22(30)29(14-19-5-3-4-10-27-19)24-28-23-20(26)12-18(25)13-21(23)31-24/h3-10,12-13,15H,11,14H2,1-2H3. The van der Waals surface area contributed by atoms with E-state index >= 15 is 0 Å². The monoisotopic (exact) mass is 437 g/mol. The fourth-order valence-corrected chi connectivity index (χ4v) is 4.29. The van der Waals surface area contributed by atoms with E-state index in [0.29, 0.717) is 21.4 Å². The number of aromatic nitrogens is 2. The molecule has 0 bridgehead atoms. The summed E-state index contributed by atoms with van der Waals surface area (Å²) in [5.74, 6) is -1.20. The lowest BCUT2D eigenvalue weighted by Crippen LogP contribution is -2.32. The molecule has 0 fully saturated rings. The second kappa shape index (κ2) is 8.89. The molecule has 0 radical (unpaired) electrons. The first kappa shape index (κ1) is 21.1. The van der Waals surface area contributed by atoms with E-state index < -0.39 is 11.6 Å². The van der Waals surface area contributed by atoms with Crippen LogP contribution in [0.5, 0.6) is 0 Å². The Bertz CT molecular complexity index is 1210. The van der Waals surface area contributed by atoms with Gasteiger partial charge < -0.3 is 0 Å². The summed E-state index contributed by atoms with van der Waals surface area (Å²) < 4.78 is 28.2. The Labute approximate surface area is 183 Å². The molecule has 4 rings (SSSR count). The normalized spacial score (nSPS) is 11.3. The van der Waals surface area contributed by atoms with Crippen LogP contribution < -0.4 is 4.90 Å². The molecule has 1 amide bonds. The SMILES string of the molecule is CC(C)c1ccc(CC(=O)N(Cc2ccccn2)c2nc3c(F)cc(F)cc3s2)cc1. The number of nitrogens with zero attached hydrogens (tertiary/aromatic N) is 3. The van der Waals surface area contributed by atoms with E-state index in [1.54, 1.807) is 12.3 Å². The molecule has 158 valence electrons. The maximum atomic E-state index is 14.2. The number of amides is 1. The third kappa shape index (κ3) is 4.77. The first-order valence-corrected chi connectivity index (χ1v) is 10.8. The third-order valence-electron chi connectivity index (χ3n) is 4.98. The van der Waals surface area contributed by atoms with Crippen molar-refractivity contribution in [3.05, 3.63) is 89.2 Å². The summed E-state index contributed by atoms with van der Waals surface area (Å²) in [4.78, 5) is 23.4. The minimum Gasteiger partial charge on any atom is -0.282 e. The number of halogens is 2. The van der Waals surface area contributed by atoms with Crippen LogP contribution in [-0.4, -0.2) is 15.9 Å². The number of carbonyl (C=O) groups excluding carboxylic acids is 1. The first-order chi connectivity index (χ1) is 14.9. The predicted molar refractivity (Wildman–Crippen MR) is 119 cm³/mol. The van der Waals surface area contributed by atoms with Crippen molar-refractivity contribution in [1.82, 2.24) is 9.97 Å². The van der Waals surface area contributed by atoms with Crippen molar-refractivity contribution in [2.45, 2.75) is 32.7 Å². The van der Waals surface area contributed by atoms with E-state index in [4.69, 9.17) is 0 Å². The lowest BCUT2D eigenvalue weighted by molar-refractivity contribution is -0.118. The number of hydrogen-bond acceptors (Lipinski definition) is 4. The van der Waals surface area contributed by atoms with Gasteiger partial charge in [-0.05, 0) is 35.2 Å². The van der Waals surface area contributed by atoms with Crippen LogP contribution in [0.4, 0.5) is 13.9 Å². The molecule has 7 heteroatoms. The quantitative estimate of drug-likeness (QED) is 0.379. The molecule has 4 aromatic rings. The van der Waals surface area contributed by atoms with E-state index in [-0.39, 0.29) is 24.4 Å². The van der Waals surface area contributed by atoms with E-state index in [1.165, 1.54) is 16.5 Å². The van der Waals surface area contributed by atoms with Crippen molar-refractivity contribution in [3.63, 3.8) is 0 Å². The average molecular weight is 438 g/mol. The number of fused-ring (bicyclic) bond motifs is 1. The highest BCUT2D eigenvalue weighted by Crippen LogP contribution is 2.32. The summed E-state index contributed by atoms with van der Waals surface area (Å²) in [6, 6.07) is 15.4. The zero-order chi connectivity index (χ0) is 22.0. The van der Waals surface area contributed by atoms with E-state index in [0.717, 1.165) is 23.0 Å². The van der Waals surface area contributed by atoms with Gasteiger partial charge in [0, 0.05) is 12.3 Å². The van der Waals surface area contributed by atoms with Crippen LogP contribution in [-0.2, 0) is 17.8 Å². The zero-order valence-corrected chi connectivity index (χ0v) is 18.0. The third-order valence-corrected chi connectivity index (χ3v) is 6.01. The van der Waals surface area contributed by atoms with Gasteiger partial charge in [-0.2, -0.15) is 0 Å². The summed E-state index contributed by atoms with van der Waals surface area (Å²) in [6.07, 6.45) is 1.81. The molecule has 2 aromatic heterocycles. The van der Waals surface area contributed by atoms with E-state index in [9.17, 15) is 13.6 Å². The number of anilines is 1. The Hall–Kier alpha value is -3.19. The number of thiazole rings is 1. The van der Waals surface area contributed by atoms with Gasteiger partial charge in [0.1, 0.15) is 11.3 Å². The van der Waals surface area contributed by atoms with Gasteiger partial charge in [-0.3, -0.25) is 14.7 Å². The molecule has 0 aliphatic rings. The number of hydrogen-bond donors (Lipinski definition) is 0. The molecule has 0 saturated carbocycles. The minimum absolute atomic E-state index is 0.0570. The van der Waals surface area contributed by atoms with Crippen LogP contribution in [0.2, 0.25) is 0 Å². The van der Waals surface area contributed by atoms with Crippen LogP contribution in [0.25, 0.3) is 10.2 Å². The molecule has 0 unspecified atom stereocenters. The van der Waals surface area contributed by atoms with Crippen LogP contribution in [0.3, 0.4) is 0 Å².